The van der Waals surface area contributed by atoms with Gasteiger partial charge in [0, 0.05) is 12.1 Å². The summed E-state index contributed by atoms with van der Waals surface area (Å²) in [6.45, 7) is 0.986. The SMILES string of the molecule is Fc1ccc(-c2nc3cccc4c3n2CCC4)cc1. The van der Waals surface area contributed by atoms with E-state index in [-0.39, 0.29) is 5.82 Å². The molecule has 2 aromatic carbocycles. The molecule has 3 aromatic rings. The Bertz CT molecular complexity index is 756. The second-order valence-electron chi connectivity index (χ2n) is 4.98. The minimum absolute atomic E-state index is 0.209. The third kappa shape index (κ3) is 1.58. The van der Waals surface area contributed by atoms with Crippen LogP contribution in [0.4, 0.5) is 4.39 Å². The highest BCUT2D eigenvalue weighted by Gasteiger charge is 2.18. The maximum absolute atomic E-state index is 13.0. The van der Waals surface area contributed by atoms with Gasteiger partial charge in [-0.25, -0.2) is 9.37 Å². The van der Waals surface area contributed by atoms with Crippen molar-refractivity contribution in [1.29, 1.82) is 0 Å². The summed E-state index contributed by atoms with van der Waals surface area (Å²) in [5, 5.41) is 0. The van der Waals surface area contributed by atoms with Gasteiger partial charge in [0.2, 0.25) is 0 Å². The van der Waals surface area contributed by atoms with Crippen LogP contribution in [0.1, 0.15) is 12.0 Å². The van der Waals surface area contributed by atoms with Gasteiger partial charge in [-0.05, 0) is 48.7 Å². The minimum atomic E-state index is -0.209. The van der Waals surface area contributed by atoms with E-state index in [0.717, 1.165) is 36.3 Å². The Morgan fingerprint density at radius 2 is 1.89 bits per heavy atom. The molecule has 0 amide bonds. The molecule has 0 atom stereocenters. The van der Waals surface area contributed by atoms with E-state index in [1.54, 1.807) is 12.1 Å². The summed E-state index contributed by atoms with van der Waals surface area (Å²) in [6, 6.07) is 12.9. The molecule has 1 aliphatic rings. The van der Waals surface area contributed by atoms with Crippen LogP contribution in [0.15, 0.2) is 42.5 Å². The maximum Gasteiger partial charge on any atom is 0.141 e. The normalized spacial score (nSPS) is 13.9. The molecule has 0 radical (unpaired) electrons. The fraction of sp³-hybridized carbons (Fsp3) is 0.188. The van der Waals surface area contributed by atoms with Crippen molar-refractivity contribution in [3.05, 3.63) is 53.8 Å². The number of hydrogen-bond donors (Lipinski definition) is 0. The zero-order valence-corrected chi connectivity index (χ0v) is 10.4. The summed E-state index contributed by atoms with van der Waals surface area (Å²) >= 11 is 0. The molecule has 0 saturated heterocycles. The Morgan fingerprint density at radius 1 is 1.05 bits per heavy atom. The smallest absolute Gasteiger partial charge is 0.141 e. The number of nitrogens with zero attached hydrogens (tertiary/aromatic N) is 2. The van der Waals surface area contributed by atoms with E-state index in [0.29, 0.717) is 0 Å². The van der Waals surface area contributed by atoms with E-state index in [1.807, 2.05) is 6.07 Å². The molecular formula is C16H13FN2. The van der Waals surface area contributed by atoms with Gasteiger partial charge in [0.05, 0.1) is 11.0 Å². The van der Waals surface area contributed by atoms with Crippen LogP contribution in [0.5, 0.6) is 0 Å². The van der Waals surface area contributed by atoms with Crippen molar-refractivity contribution in [2.24, 2.45) is 0 Å². The van der Waals surface area contributed by atoms with Gasteiger partial charge in [0.15, 0.2) is 0 Å². The van der Waals surface area contributed by atoms with Gasteiger partial charge < -0.3 is 4.57 Å². The highest BCUT2D eigenvalue weighted by atomic mass is 19.1. The first-order valence-electron chi connectivity index (χ1n) is 6.57. The summed E-state index contributed by atoms with van der Waals surface area (Å²) in [5.41, 5.74) is 4.62. The third-order valence-electron chi connectivity index (χ3n) is 3.78. The summed E-state index contributed by atoms with van der Waals surface area (Å²) < 4.78 is 15.3. The van der Waals surface area contributed by atoms with E-state index < -0.39 is 0 Å². The van der Waals surface area contributed by atoms with Crippen molar-refractivity contribution in [1.82, 2.24) is 9.55 Å². The zero-order valence-electron chi connectivity index (χ0n) is 10.4. The summed E-state index contributed by atoms with van der Waals surface area (Å²) in [5.74, 6) is 0.737. The number of benzene rings is 2. The largest absolute Gasteiger partial charge is 0.324 e. The van der Waals surface area contributed by atoms with Crippen LogP contribution in [0.3, 0.4) is 0 Å². The van der Waals surface area contributed by atoms with Crippen LogP contribution < -0.4 is 0 Å². The lowest BCUT2D eigenvalue weighted by Gasteiger charge is -2.16. The molecular weight excluding hydrogens is 239 g/mol. The zero-order chi connectivity index (χ0) is 12.8. The molecule has 0 spiro atoms. The van der Waals surface area contributed by atoms with Crippen LogP contribution in [0.25, 0.3) is 22.4 Å². The van der Waals surface area contributed by atoms with Crippen LogP contribution in [-0.2, 0) is 13.0 Å². The van der Waals surface area contributed by atoms with Crippen molar-refractivity contribution in [3.63, 3.8) is 0 Å². The first-order chi connectivity index (χ1) is 9.33. The van der Waals surface area contributed by atoms with Crippen LogP contribution >= 0.6 is 0 Å². The highest BCUT2D eigenvalue weighted by molar-refractivity contribution is 5.84. The molecule has 0 saturated carbocycles. The van der Waals surface area contributed by atoms with E-state index in [4.69, 9.17) is 4.98 Å². The molecule has 94 valence electrons. The molecule has 0 N–H and O–H groups in total. The number of hydrogen-bond acceptors (Lipinski definition) is 1. The quantitative estimate of drug-likeness (QED) is 0.644. The minimum Gasteiger partial charge on any atom is -0.324 e. The molecule has 1 aromatic heterocycles. The Balaban J connectivity index is 2.01. The first kappa shape index (κ1) is 10.7. The lowest BCUT2D eigenvalue weighted by atomic mass is 10.0. The molecule has 4 rings (SSSR count). The van der Waals surface area contributed by atoms with Crippen LogP contribution in [-0.4, -0.2) is 9.55 Å². The second-order valence-corrected chi connectivity index (χ2v) is 4.98. The topological polar surface area (TPSA) is 17.8 Å². The van der Waals surface area contributed by atoms with Gasteiger partial charge in [0.25, 0.3) is 0 Å². The van der Waals surface area contributed by atoms with Crippen molar-refractivity contribution >= 4 is 11.0 Å². The Kier molecular flexibility index (Phi) is 2.21. The molecule has 2 heterocycles. The monoisotopic (exact) mass is 252 g/mol. The Labute approximate surface area is 110 Å². The van der Waals surface area contributed by atoms with Gasteiger partial charge in [-0.1, -0.05) is 12.1 Å². The molecule has 1 aliphatic heterocycles. The fourth-order valence-electron chi connectivity index (χ4n) is 2.93. The van der Waals surface area contributed by atoms with E-state index in [9.17, 15) is 4.39 Å². The molecule has 0 unspecified atom stereocenters. The van der Waals surface area contributed by atoms with Crippen LogP contribution in [0, 0.1) is 5.82 Å². The highest BCUT2D eigenvalue weighted by Crippen LogP contribution is 2.31. The second kappa shape index (κ2) is 3.92. The number of aromatic nitrogens is 2. The summed E-state index contributed by atoms with van der Waals surface area (Å²) in [6.07, 6.45) is 2.25. The third-order valence-corrected chi connectivity index (χ3v) is 3.78. The number of imidazole rings is 1. The Morgan fingerprint density at radius 3 is 2.74 bits per heavy atom. The predicted octanol–water partition coefficient (Wildman–Crippen LogP) is 3.79. The lowest BCUT2D eigenvalue weighted by molar-refractivity contribution is 0.626. The lowest BCUT2D eigenvalue weighted by Crippen LogP contribution is -2.08. The summed E-state index contributed by atoms with van der Waals surface area (Å²) in [4.78, 5) is 4.72. The van der Waals surface area contributed by atoms with E-state index >= 15 is 0 Å². The van der Waals surface area contributed by atoms with Crippen molar-refractivity contribution in [3.8, 4) is 11.4 Å². The van der Waals surface area contributed by atoms with Gasteiger partial charge >= 0.3 is 0 Å². The average Bonchev–Trinajstić information content (AvgIpc) is 2.82. The molecule has 0 aliphatic carbocycles. The number of para-hydroxylation sites is 1. The van der Waals surface area contributed by atoms with Gasteiger partial charge in [-0.15, -0.1) is 0 Å². The Hall–Kier alpha value is -2.16. The van der Waals surface area contributed by atoms with Crippen molar-refractivity contribution in [2.75, 3.05) is 0 Å². The molecule has 3 heteroatoms. The fourth-order valence-corrected chi connectivity index (χ4v) is 2.93. The van der Waals surface area contributed by atoms with E-state index in [2.05, 4.69) is 16.7 Å². The number of halogens is 1. The van der Waals surface area contributed by atoms with Gasteiger partial charge in [-0.2, -0.15) is 0 Å². The standard InChI is InChI=1S/C16H13FN2/c17-13-8-6-12(7-9-13)16-18-14-5-1-3-11-4-2-10-19(16)15(11)14/h1,3,5-9H,2,4,10H2. The molecule has 0 fully saturated rings. The van der Waals surface area contributed by atoms with Gasteiger partial charge in [-0.3, -0.25) is 0 Å². The average molecular weight is 252 g/mol. The first-order valence-corrected chi connectivity index (χ1v) is 6.57. The van der Waals surface area contributed by atoms with Gasteiger partial charge in [0.1, 0.15) is 11.6 Å². The number of rotatable bonds is 1. The van der Waals surface area contributed by atoms with Crippen molar-refractivity contribution < 1.29 is 4.39 Å². The molecule has 19 heavy (non-hydrogen) atoms. The molecule has 0 bridgehead atoms. The van der Waals surface area contributed by atoms with E-state index in [1.165, 1.54) is 23.2 Å². The summed E-state index contributed by atoms with van der Waals surface area (Å²) in [7, 11) is 0. The van der Waals surface area contributed by atoms with Crippen LogP contribution in [0.2, 0.25) is 0 Å². The van der Waals surface area contributed by atoms with Crippen molar-refractivity contribution in [2.45, 2.75) is 19.4 Å². The number of aryl methyl sites for hydroxylation is 2. The predicted molar refractivity (Wildman–Crippen MR) is 73.4 cm³/mol. The molecule has 2 nitrogen and oxygen atoms in total. The maximum atomic E-state index is 13.0.